The lowest BCUT2D eigenvalue weighted by atomic mass is 10.4. The van der Waals surface area contributed by atoms with Crippen molar-refractivity contribution in [2.45, 2.75) is 18.8 Å². The number of rotatable bonds is 9. The topological polar surface area (TPSA) is 58.4 Å². The first-order valence-electron chi connectivity index (χ1n) is 6.83. The molecule has 6 nitrogen and oxygen atoms in total. The van der Waals surface area contributed by atoms with Gasteiger partial charge in [-0.1, -0.05) is 0 Å². The molecule has 0 fully saturated rings. The van der Waals surface area contributed by atoms with E-state index in [-0.39, 0.29) is 0 Å². The van der Waals surface area contributed by atoms with Crippen molar-refractivity contribution < 1.29 is 14.2 Å². The van der Waals surface area contributed by atoms with Gasteiger partial charge in [0.15, 0.2) is 5.65 Å². The molecule has 0 radical (unpaired) electrons. The first-order valence-corrected chi connectivity index (χ1v) is 7.36. The predicted molar refractivity (Wildman–Crippen MR) is 80.9 cm³/mol. The smallest absolute Gasteiger partial charge is 0.215 e. The molecule has 0 unspecified atom stereocenters. The minimum atomic E-state index is 0.350. The molecule has 0 aliphatic carbocycles. The van der Waals surface area contributed by atoms with Gasteiger partial charge in [-0.3, -0.25) is 0 Å². The van der Waals surface area contributed by atoms with Crippen LogP contribution < -0.4 is 4.74 Å². The Bertz CT molecular complexity index is 574. The number of methoxy groups -OCH3 is 2. The quantitative estimate of drug-likeness (QED) is 0.525. The second kappa shape index (κ2) is 8.17. The number of hydrogen-bond acceptors (Lipinski definition) is 5. The number of fused-ring (bicyclic) bond motifs is 1. The predicted octanol–water partition coefficient (Wildman–Crippen LogP) is 2.23. The maximum atomic E-state index is 5.97. The first-order chi connectivity index (χ1) is 10.3. The van der Waals surface area contributed by atoms with Crippen molar-refractivity contribution in [2.75, 3.05) is 34.0 Å². The average Bonchev–Trinajstić information content (AvgIpc) is 2.87. The van der Waals surface area contributed by atoms with E-state index in [0.29, 0.717) is 31.6 Å². The molecule has 0 N–H and O–H groups in total. The molecule has 0 bridgehead atoms. The van der Waals surface area contributed by atoms with Crippen molar-refractivity contribution in [1.29, 1.82) is 0 Å². The number of alkyl halides is 1. The molecule has 7 heteroatoms. The van der Waals surface area contributed by atoms with E-state index in [2.05, 4.69) is 9.97 Å². The summed E-state index contributed by atoms with van der Waals surface area (Å²) < 4.78 is 17.6. The van der Waals surface area contributed by atoms with Crippen LogP contribution in [0.5, 0.6) is 5.88 Å². The molecule has 2 aromatic heterocycles. The molecule has 0 saturated carbocycles. The van der Waals surface area contributed by atoms with E-state index in [4.69, 9.17) is 25.8 Å². The normalized spacial score (nSPS) is 11.2. The van der Waals surface area contributed by atoms with Crippen LogP contribution in [-0.4, -0.2) is 48.6 Å². The van der Waals surface area contributed by atoms with E-state index in [1.165, 1.54) is 0 Å². The Morgan fingerprint density at radius 3 is 2.71 bits per heavy atom. The number of nitrogens with zero attached hydrogens (tertiary/aromatic N) is 3. The van der Waals surface area contributed by atoms with Gasteiger partial charge in [-0.2, -0.15) is 4.98 Å². The fraction of sp³-hybridized carbons (Fsp3) is 0.571. The Labute approximate surface area is 129 Å². The van der Waals surface area contributed by atoms with Gasteiger partial charge in [0.05, 0.1) is 26.2 Å². The number of ether oxygens (including phenoxy) is 3. The summed E-state index contributed by atoms with van der Waals surface area (Å²) in [7, 11) is 3.26. The number of aromatic nitrogens is 3. The maximum Gasteiger partial charge on any atom is 0.215 e. The summed E-state index contributed by atoms with van der Waals surface area (Å²) in [6, 6.07) is 3.69. The number of pyridine rings is 1. The molecule has 0 spiro atoms. The van der Waals surface area contributed by atoms with Crippen LogP contribution in [0.2, 0.25) is 0 Å². The van der Waals surface area contributed by atoms with Crippen LogP contribution in [0.4, 0.5) is 0 Å². The summed E-state index contributed by atoms with van der Waals surface area (Å²) in [5.41, 5.74) is 1.62. The summed E-state index contributed by atoms with van der Waals surface area (Å²) >= 11 is 5.97. The molecule has 0 saturated heterocycles. The third kappa shape index (κ3) is 4.06. The molecule has 2 rings (SSSR count). The summed E-state index contributed by atoms with van der Waals surface area (Å²) in [5.74, 6) is 1.73. The van der Waals surface area contributed by atoms with Crippen molar-refractivity contribution in [3.63, 3.8) is 0 Å². The largest absolute Gasteiger partial charge is 0.481 e. The zero-order valence-corrected chi connectivity index (χ0v) is 13.1. The molecular weight excluding hydrogens is 294 g/mol. The van der Waals surface area contributed by atoms with Crippen LogP contribution in [-0.2, 0) is 21.9 Å². The first kappa shape index (κ1) is 16.0. The number of hydrogen-bond donors (Lipinski definition) is 0. The van der Waals surface area contributed by atoms with Gasteiger partial charge < -0.3 is 18.8 Å². The average molecular weight is 314 g/mol. The van der Waals surface area contributed by atoms with Gasteiger partial charge in [-0.15, -0.1) is 11.6 Å². The third-order valence-corrected chi connectivity index (χ3v) is 3.32. The van der Waals surface area contributed by atoms with Crippen molar-refractivity contribution in [2.24, 2.45) is 0 Å². The zero-order valence-electron chi connectivity index (χ0n) is 12.3. The van der Waals surface area contributed by atoms with Crippen LogP contribution in [0, 0.1) is 0 Å². The minimum Gasteiger partial charge on any atom is -0.481 e. The molecule has 0 aliphatic heterocycles. The van der Waals surface area contributed by atoms with Crippen LogP contribution in [0.15, 0.2) is 12.1 Å². The fourth-order valence-corrected chi connectivity index (χ4v) is 2.25. The molecule has 2 heterocycles. The van der Waals surface area contributed by atoms with Crippen LogP contribution in [0.3, 0.4) is 0 Å². The van der Waals surface area contributed by atoms with Crippen LogP contribution in [0.25, 0.3) is 11.2 Å². The van der Waals surface area contributed by atoms with Crippen molar-refractivity contribution >= 4 is 22.8 Å². The van der Waals surface area contributed by atoms with E-state index in [1.54, 1.807) is 20.3 Å². The molecule has 2 aromatic rings. The van der Waals surface area contributed by atoms with Gasteiger partial charge in [0.1, 0.15) is 11.3 Å². The van der Waals surface area contributed by atoms with Gasteiger partial charge >= 0.3 is 0 Å². The summed E-state index contributed by atoms with van der Waals surface area (Å²) in [6.45, 7) is 2.63. The Hall–Kier alpha value is -1.37. The highest BCUT2D eigenvalue weighted by molar-refractivity contribution is 6.16. The van der Waals surface area contributed by atoms with Gasteiger partial charge in [-0.05, 0) is 12.5 Å². The molecular formula is C14H20ClN3O3. The van der Waals surface area contributed by atoms with Crippen LogP contribution >= 0.6 is 11.6 Å². The van der Waals surface area contributed by atoms with Crippen molar-refractivity contribution in [1.82, 2.24) is 14.5 Å². The minimum absolute atomic E-state index is 0.350. The lowest BCUT2D eigenvalue weighted by Gasteiger charge is -2.08. The third-order valence-electron chi connectivity index (χ3n) is 3.08. The van der Waals surface area contributed by atoms with E-state index < -0.39 is 0 Å². The Balaban J connectivity index is 2.05. The van der Waals surface area contributed by atoms with Gasteiger partial charge in [0.25, 0.3) is 0 Å². The lowest BCUT2D eigenvalue weighted by Crippen LogP contribution is -2.08. The fourth-order valence-electron chi connectivity index (χ4n) is 2.05. The molecule has 0 aromatic carbocycles. The number of halogens is 1. The van der Waals surface area contributed by atoms with Crippen LogP contribution in [0.1, 0.15) is 12.2 Å². The van der Waals surface area contributed by atoms with E-state index >= 15 is 0 Å². The SMILES string of the molecule is COCCOCCCn1c(CCl)nc2ccc(OC)nc21. The highest BCUT2D eigenvalue weighted by Gasteiger charge is 2.12. The monoisotopic (exact) mass is 313 g/mol. The van der Waals surface area contributed by atoms with Crippen molar-refractivity contribution in [3.8, 4) is 5.88 Å². The highest BCUT2D eigenvalue weighted by Crippen LogP contribution is 2.19. The van der Waals surface area contributed by atoms with Gasteiger partial charge in [0.2, 0.25) is 5.88 Å². The Morgan fingerprint density at radius 1 is 1.14 bits per heavy atom. The lowest BCUT2D eigenvalue weighted by molar-refractivity contribution is 0.0680. The molecule has 21 heavy (non-hydrogen) atoms. The molecule has 0 aliphatic rings. The summed E-state index contributed by atoms with van der Waals surface area (Å²) in [4.78, 5) is 8.94. The molecule has 0 amide bonds. The van der Waals surface area contributed by atoms with E-state index in [0.717, 1.165) is 30.0 Å². The molecule has 116 valence electrons. The Morgan fingerprint density at radius 2 is 2.00 bits per heavy atom. The highest BCUT2D eigenvalue weighted by atomic mass is 35.5. The second-order valence-electron chi connectivity index (χ2n) is 4.47. The van der Waals surface area contributed by atoms with E-state index in [1.807, 2.05) is 10.6 Å². The maximum absolute atomic E-state index is 5.97. The van der Waals surface area contributed by atoms with E-state index in [9.17, 15) is 0 Å². The summed E-state index contributed by atoms with van der Waals surface area (Å²) in [6.07, 6.45) is 0.859. The zero-order chi connectivity index (χ0) is 15.1. The molecule has 0 atom stereocenters. The van der Waals surface area contributed by atoms with Gasteiger partial charge in [0, 0.05) is 26.3 Å². The standard InChI is InChI=1S/C14H20ClN3O3/c1-19-8-9-21-7-3-6-18-12(10-15)16-11-4-5-13(20-2)17-14(11)18/h4-5H,3,6-10H2,1-2H3. The second-order valence-corrected chi connectivity index (χ2v) is 4.74. The van der Waals surface area contributed by atoms with Crippen molar-refractivity contribution in [3.05, 3.63) is 18.0 Å². The number of aryl methyl sites for hydroxylation is 1. The number of imidazole rings is 1. The Kier molecular flexibility index (Phi) is 6.22. The van der Waals surface area contributed by atoms with Gasteiger partial charge in [-0.25, -0.2) is 4.98 Å². The summed E-state index contributed by atoms with van der Waals surface area (Å²) in [5, 5.41) is 0.